The van der Waals surface area contributed by atoms with E-state index in [1.54, 1.807) is 24.3 Å². The Morgan fingerprint density at radius 2 is 1.84 bits per heavy atom. The van der Waals surface area contributed by atoms with E-state index in [1.807, 2.05) is 4.90 Å². The van der Waals surface area contributed by atoms with E-state index in [0.717, 1.165) is 12.8 Å². The fourth-order valence-electron chi connectivity index (χ4n) is 5.28. The van der Waals surface area contributed by atoms with Gasteiger partial charge in [-0.2, -0.15) is 18.4 Å². The molecule has 1 aromatic heterocycles. The summed E-state index contributed by atoms with van der Waals surface area (Å²) in [6.07, 6.45) is -0.839. The van der Waals surface area contributed by atoms with Gasteiger partial charge in [-0.25, -0.2) is 13.4 Å². The maximum atomic E-state index is 13.9. The zero-order valence-corrected chi connectivity index (χ0v) is 21.7. The normalized spacial score (nSPS) is 24.8. The van der Waals surface area contributed by atoms with E-state index in [4.69, 9.17) is 0 Å². The molecule has 3 fully saturated rings. The Kier molecular flexibility index (Phi) is 6.73. The minimum Gasteiger partial charge on any atom is -0.369 e. The molecular weight excluding hydrogens is 525 g/mol. The highest BCUT2D eigenvalue weighted by Crippen LogP contribution is 2.49. The lowest BCUT2D eigenvalue weighted by Gasteiger charge is -2.32. The number of nitrogens with zero attached hydrogens (tertiary/aromatic N) is 3. The second-order valence-electron chi connectivity index (χ2n) is 10.1. The summed E-state index contributed by atoms with van der Waals surface area (Å²) in [4.78, 5) is 19.6. The quantitative estimate of drug-likeness (QED) is 0.586. The number of rotatable bonds is 5. The third-order valence-electron chi connectivity index (χ3n) is 7.51. The first-order valence-corrected chi connectivity index (χ1v) is 15.0. The molecule has 37 heavy (non-hydrogen) atoms. The molecule has 1 aromatic carbocycles. The van der Waals surface area contributed by atoms with Crippen LogP contribution in [0.4, 0.5) is 18.9 Å². The number of amides is 1. The molecule has 1 aliphatic heterocycles. The average molecular weight is 553 g/mol. The third-order valence-corrected chi connectivity index (χ3v) is 10.3. The van der Waals surface area contributed by atoms with E-state index < -0.39 is 38.4 Å². The van der Waals surface area contributed by atoms with Crippen LogP contribution in [0.25, 0.3) is 11.3 Å². The molecule has 0 unspecified atom stereocenters. The third kappa shape index (κ3) is 5.34. The standard InChI is InChI=1S/C25H27F3N4O3S2/c26-25(27,28)23-30-20(18-7-3-4-8-19(18)32-11-13-37(34,35)14-12-32)21(36-23)16-5-1-2-6-17(16)22(33)31-24(15-29)9-10-24/h3-4,7-8,16-17H,1-2,5-6,9-14H2,(H,31,33)/t16-,17-/m1/s1. The molecule has 2 heterocycles. The van der Waals surface area contributed by atoms with E-state index in [2.05, 4.69) is 16.4 Å². The highest BCUT2D eigenvalue weighted by molar-refractivity contribution is 7.91. The molecule has 5 rings (SSSR count). The molecule has 0 spiro atoms. The number of benzene rings is 1. The molecule has 0 bridgehead atoms. The number of nitrogens with one attached hydrogen (secondary N) is 1. The summed E-state index contributed by atoms with van der Waals surface area (Å²) in [7, 11) is -3.14. The van der Waals surface area contributed by atoms with Crippen molar-refractivity contribution in [2.75, 3.05) is 29.5 Å². The Bertz CT molecular complexity index is 1330. The molecule has 1 saturated heterocycles. The molecule has 0 radical (unpaired) electrons. The van der Waals surface area contributed by atoms with Gasteiger partial charge in [0.2, 0.25) is 5.91 Å². The van der Waals surface area contributed by atoms with Crippen LogP contribution in [0, 0.1) is 17.2 Å². The number of carbonyl (C=O) groups is 1. The molecule has 12 heteroatoms. The maximum Gasteiger partial charge on any atom is 0.443 e. The van der Waals surface area contributed by atoms with Crippen LogP contribution < -0.4 is 10.2 Å². The van der Waals surface area contributed by atoms with Crippen LogP contribution in [0.2, 0.25) is 0 Å². The van der Waals surface area contributed by atoms with E-state index in [9.17, 15) is 31.6 Å². The van der Waals surface area contributed by atoms with Gasteiger partial charge in [0, 0.05) is 41.1 Å². The second kappa shape index (κ2) is 9.58. The molecule has 198 valence electrons. The monoisotopic (exact) mass is 552 g/mol. The van der Waals surface area contributed by atoms with Gasteiger partial charge < -0.3 is 10.2 Å². The number of anilines is 1. The molecule has 2 saturated carbocycles. The number of sulfone groups is 1. The number of hydrogen-bond donors (Lipinski definition) is 1. The predicted molar refractivity (Wildman–Crippen MR) is 134 cm³/mol. The molecule has 2 aromatic rings. The fraction of sp³-hybridized carbons (Fsp3) is 0.560. The van der Waals surface area contributed by atoms with Crippen molar-refractivity contribution in [3.05, 3.63) is 34.2 Å². The minimum absolute atomic E-state index is 0.0232. The van der Waals surface area contributed by atoms with Crippen LogP contribution in [0.15, 0.2) is 24.3 Å². The van der Waals surface area contributed by atoms with Crippen LogP contribution in [-0.4, -0.2) is 49.4 Å². The number of carbonyl (C=O) groups excluding carboxylic acids is 1. The zero-order chi connectivity index (χ0) is 26.4. The van der Waals surface area contributed by atoms with Crippen molar-refractivity contribution in [3.63, 3.8) is 0 Å². The number of para-hydroxylation sites is 1. The summed E-state index contributed by atoms with van der Waals surface area (Å²) in [5.41, 5.74) is 0.487. The smallest absolute Gasteiger partial charge is 0.369 e. The Hall–Kier alpha value is -2.65. The molecule has 1 N–H and O–H groups in total. The van der Waals surface area contributed by atoms with Gasteiger partial charge in [-0.1, -0.05) is 31.0 Å². The highest BCUT2D eigenvalue weighted by Gasteiger charge is 2.47. The second-order valence-corrected chi connectivity index (χ2v) is 13.4. The Morgan fingerprint density at radius 3 is 2.49 bits per heavy atom. The van der Waals surface area contributed by atoms with Crippen molar-refractivity contribution in [2.45, 2.75) is 56.2 Å². The first-order valence-electron chi connectivity index (χ1n) is 12.4. The minimum atomic E-state index is -4.64. The molecule has 1 amide bonds. The lowest BCUT2D eigenvalue weighted by Crippen LogP contribution is -2.42. The van der Waals surface area contributed by atoms with Crippen molar-refractivity contribution in [1.29, 1.82) is 5.26 Å². The van der Waals surface area contributed by atoms with Gasteiger partial charge >= 0.3 is 6.18 Å². The molecule has 7 nitrogen and oxygen atoms in total. The van der Waals surface area contributed by atoms with Gasteiger partial charge in [0.1, 0.15) is 5.54 Å². The summed E-state index contributed by atoms with van der Waals surface area (Å²) in [5, 5.41) is 11.3. The van der Waals surface area contributed by atoms with Crippen LogP contribution in [0.5, 0.6) is 0 Å². The van der Waals surface area contributed by atoms with Crippen LogP contribution in [-0.2, 0) is 20.8 Å². The van der Waals surface area contributed by atoms with Gasteiger partial charge in [-0.15, -0.1) is 11.3 Å². The first kappa shape index (κ1) is 26.0. The number of hydrogen-bond acceptors (Lipinski definition) is 7. The number of aromatic nitrogens is 1. The number of halogens is 3. The molecule has 3 aliphatic rings. The van der Waals surface area contributed by atoms with Crippen molar-refractivity contribution in [2.24, 2.45) is 5.92 Å². The average Bonchev–Trinajstić information content (AvgIpc) is 3.49. The summed E-state index contributed by atoms with van der Waals surface area (Å²) >= 11 is 0.588. The molecular formula is C25H27F3N4O3S2. The number of thiazole rings is 1. The SMILES string of the molecule is N#CC1(NC(=O)[C@@H]2CCCC[C@H]2c2sc(C(F)(F)F)nc2-c2ccccc2N2CCS(=O)(=O)CC2)CC1. The topological polar surface area (TPSA) is 103 Å². The Balaban J connectivity index is 1.55. The maximum absolute atomic E-state index is 13.9. The van der Waals surface area contributed by atoms with Crippen LogP contribution in [0.3, 0.4) is 0 Å². The largest absolute Gasteiger partial charge is 0.443 e. The molecule has 2 aliphatic carbocycles. The number of nitriles is 1. The van der Waals surface area contributed by atoms with Crippen molar-refractivity contribution in [1.82, 2.24) is 10.3 Å². The van der Waals surface area contributed by atoms with Crippen molar-refractivity contribution in [3.8, 4) is 17.3 Å². The predicted octanol–water partition coefficient (Wildman–Crippen LogP) is 4.51. The van der Waals surface area contributed by atoms with E-state index in [0.29, 0.717) is 53.1 Å². The van der Waals surface area contributed by atoms with Gasteiger partial charge in [0.25, 0.3) is 0 Å². The summed E-state index contributed by atoms with van der Waals surface area (Å²) < 4.78 is 65.6. The van der Waals surface area contributed by atoms with Gasteiger partial charge in [0.05, 0.1) is 23.3 Å². The Morgan fingerprint density at radius 1 is 1.16 bits per heavy atom. The van der Waals surface area contributed by atoms with E-state index in [-0.39, 0.29) is 36.2 Å². The summed E-state index contributed by atoms with van der Waals surface area (Å²) in [5.74, 6) is -1.34. The number of alkyl halides is 3. The van der Waals surface area contributed by atoms with E-state index in [1.165, 1.54) is 0 Å². The van der Waals surface area contributed by atoms with Gasteiger partial charge in [0.15, 0.2) is 14.8 Å². The van der Waals surface area contributed by atoms with Crippen LogP contribution in [0.1, 0.15) is 54.3 Å². The van der Waals surface area contributed by atoms with E-state index >= 15 is 0 Å². The van der Waals surface area contributed by atoms with Gasteiger partial charge in [-0.05, 0) is 31.7 Å². The lowest BCUT2D eigenvalue weighted by atomic mass is 9.77. The lowest BCUT2D eigenvalue weighted by molar-refractivity contribution is -0.137. The summed E-state index contributed by atoms with van der Waals surface area (Å²) in [6, 6.07) is 9.13. The van der Waals surface area contributed by atoms with Crippen molar-refractivity contribution < 1.29 is 26.4 Å². The highest BCUT2D eigenvalue weighted by atomic mass is 32.2. The zero-order valence-electron chi connectivity index (χ0n) is 20.1. The van der Waals surface area contributed by atoms with Crippen LogP contribution >= 0.6 is 11.3 Å². The van der Waals surface area contributed by atoms with Gasteiger partial charge in [-0.3, -0.25) is 4.79 Å². The summed E-state index contributed by atoms with van der Waals surface area (Å²) in [6.45, 7) is 0.491. The van der Waals surface area contributed by atoms with Crippen molar-refractivity contribution >= 4 is 32.8 Å². The molecule has 2 atom stereocenters. The fourth-order valence-corrected chi connectivity index (χ4v) is 7.63. The Labute approximate surface area is 217 Å². The first-order chi connectivity index (χ1) is 17.5.